The maximum Gasteiger partial charge on any atom is 0.251 e. The van der Waals surface area contributed by atoms with E-state index in [0.717, 1.165) is 12.0 Å². The first-order chi connectivity index (χ1) is 13.9. The molecule has 156 valence electrons. The van der Waals surface area contributed by atoms with Gasteiger partial charge >= 0.3 is 0 Å². The molecule has 1 fully saturated rings. The topological polar surface area (TPSA) is 69.7 Å². The van der Waals surface area contributed by atoms with Gasteiger partial charge in [0.25, 0.3) is 5.91 Å². The molecule has 6 nitrogen and oxygen atoms in total. The number of nitrogens with one attached hydrogen (secondary N) is 1. The van der Waals surface area contributed by atoms with Crippen LogP contribution in [0.1, 0.15) is 40.6 Å². The van der Waals surface area contributed by atoms with Crippen LogP contribution in [-0.2, 0) is 23.0 Å². The molecule has 2 heterocycles. The molecule has 0 radical (unpaired) electrons. The summed E-state index contributed by atoms with van der Waals surface area (Å²) in [7, 11) is -1.55. The SMILES string of the molecule is CC(CNC(=O)c1cccc(S(=O)(=O)N2CCc3sccc3C2)c1)N(C)C1CC1. The summed E-state index contributed by atoms with van der Waals surface area (Å²) in [6.07, 6.45) is 3.18. The van der Waals surface area contributed by atoms with Crippen molar-refractivity contribution >= 4 is 27.3 Å². The summed E-state index contributed by atoms with van der Waals surface area (Å²) in [6.45, 7) is 3.49. The molecule has 1 atom stereocenters. The van der Waals surface area contributed by atoms with E-state index in [4.69, 9.17) is 0 Å². The number of hydrogen-bond acceptors (Lipinski definition) is 5. The van der Waals surface area contributed by atoms with Crippen LogP contribution >= 0.6 is 11.3 Å². The van der Waals surface area contributed by atoms with Gasteiger partial charge in [-0.2, -0.15) is 4.31 Å². The lowest BCUT2D eigenvalue weighted by molar-refractivity contribution is 0.0939. The molecule has 2 aromatic rings. The Hall–Kier alpha value is -1.74. The van der Waals surface area contributed by atoms with Crippen LogP contribution in [0.2, 0.25) is 0 Å². The molecule has 1 amide bonds. The minimum atomic E-state index is -3.64. The van der Waals surface area contributed by atoms with Crippen LogP contribution in [0.15, 0.2) is 40.6 Å². The summed E-state index contributed by atoms with van der Waals surface area (Å²) in [6, 6.07) is 9.22. The fraction of sp³-hybridized carbons (Fsp3) is 0.476. The van der Waals surface area contributed by atoms with Gasteiger partial charge in [0.2, 0.25) is 10.0 Å². The van der Waals surface area contributed by atoms with Gasteiger partial charge in [-0.25, -0.2) is 8.42 Å². The Balaban J connectivity index is 1.44. The van der Waals surface area contributed by atoms with E-state index in [1.54, 1.807) is 29.5 Å². The lowest BCUT2D eigenvalue weighted by atomic mass is 10.1. The third-order valence-electron chi connectivity index (χ3n) is 5.88. The summed E-state index contributed by atoms with van der Waals surface area (Å²) < 4.78 is 27.7. The van der Waals surface area contributed by atoms with Crippen molar-refractivity contribution in [1.29, 1.82) is 0 Å². The molecule has 2 aliphatic rings. The Morgan fingerprint density at radius 2 is 2.14 bits per heavy atom. The molecular weight excluding hydrogens is 406 g/mol. The number of benzene rings is 1. The lowest BCUT2D eigenvalue weighted by Crippen LogP contribution is -2.41. The van der Waals surface area contributed by atoms with Crippen LogP contribution in [0.3, 0.4) is 0 Å². The van der Waals surface area contributed by atoms with Crippen LogP contribution < -0.4 is 5.32 Å². The zero-order chi connectivity index (χ0) is 20.6. The lowest BCUT2D eigenvalue weighted by Gasteiger charge is -2.26. The van der Waals surface area contributed by atoms with Crippen LogP contribution in [0, 0.1) is 0 Å². The number of carbonyl (C=O) groups is 1. The molecule has 1 aromatic heterocycles. The molecule has 1 N–H and O–H groups in total. The van der Waals surface area contributed by atoms with Crippen molar-refractivity contribution in [2.24, 2.45) is 0 Å². The molecule has 8 heteroatoms. The number of sulfonamides is 1. The van der Waals surface area contributed by atoms with Crippen molar-refractivity contribution in [1.82, 2.24) is 14.5 Å². The Morgan fingerprint density at radius 3 is 2.90 bits per heavy atom. The molecule has 0 bridgehead atoms. The van der Waals surface area contributed by atoms with Gasteiger partial charge in [0, 0.05) is 42.2 Å². The molecule has 1 aliphatic carbocycles. The zero-order valence-electron chi connectivity index (χ0n) is 16.8. The van der Waals surface area contributed by atoms with Crippen LogP contribution in [0.5, 0.6) is 0 Å². The number of carbonyl (C=O) groups excluding carboxylic acids is 1. The first-order valence-corrected chi connectivity index (χ1v) is 12.3. The van der Waals surface area contributed by atoms with Gasteiger partial charge in [-0.3, -0.25) is 9.69 Å². The van der Waals surface area contributed by atoms with Gasteiger partial charge in [0.15, 0.2) is 0 Å². The second-order valence-electron chi connectivity index (χ2n) is 7.94. The Morgan fingerprint density at radius 1 is 1.34 bits per heavy atom. The number of fused-ring (bicyclic) bond motifs is 1. The number of amides is 1. The summed E-state index contributed by atoms with van der Waals surface area (Å²) in [5.41, 5.74) is 1.45. The quantitative estimate of drug-likeness (QED) is 0.729. The largest absolute Gasteiger partial charge is 0.350 e. The molecule has 4 rings (SSSR count). The van der Waals surface area contributed by atoms with Gasteiger partial charge in [0.1, 0.15) is 0 Å². The highest BCUT2D eigenvalue weighted by Gasteiger charge is 2.30. The molecular formula is C21H27N3O3S2. The Bertz CT molecular complexity index is 998. The first kappa shape index (κ1) is 20.5. The fourth-order valence-electron chi connectivity index (χ4n) is 3.70. The number of hydrogen-bond donors (Lipinski definition) is 1. The normalized spacial score (nSPS) is 18.4. The van der Waals surface area contributed by atoms with E-state index >= 15 is 0 Å². The fourth-order valence-corrected chi connectivity index (χ4v) is 6.06. The number of nitrogens with zero attached hydrogens (tertiary/aromatic N) is 2. The van der Waals surface area contributed by atoms with Crippen molar-refractivity contribution in [3.63, 3.8) is 0 Å². The average Bonchev–Trinajstić information content (AvgIpc) is 3.47. The third-order valence-corrected chi connectivity index (χ3v) is 8.75. The van der Waals surface area contributed by atoms with Crippen molar-refractivity contribution in [2.75, 3.05) is 20.1 Å². The van der Waals surface area contributed by atoms with Gasteiger partial charge in [0.05, 0.1) is 4.90 Å². The van der Waals surface area contributed by atoms with Crippen LogP contribution in [0.4, 0.5) is 0 Å². The number of likely N-dealkylation sites (N-methyl/N-ethyl adjacent to an activating group) is 1. The molecule has 1 saturated carbocycles. The van der Waals surface area contributed by atoms with Crippen LogP contribution in [0.25, 0.3) is 0 Å². The maximum atomic E-state index is 13.1. The first-order valence-electron chi connectivity index (χ1n) is 10.0. The highest BCUT2D eigenvalue weighted by atomic mass is 32.2. The van der Waals surface area contributed by atoms with E-state index in [1.165, 1.54) is 28.1 Å². The highest BCUT2D eigenvalue weighted by Crippen LogP contribution is 2.29. The van der Waals surface area contributed by atoms with Gasteiger partial charge in [-0.1, -0.05) is 6.07 Å². The standard InChI is InChI=1S/C21H27N3O3S2/c1-15(23(2)18-6-7-18)13-22-21(25)16-4-3-5-19(12-16)29(26,27)24-10-8-20-17(14-24)9-11-28-20/h3-5,9,11-12,15,18H,6-8,10,13-14H2,1-2H3,(H,22,25). The van der Waals surface area contributed by atoms with Crippen molar-refractivity contribution in [3.8, 4) is 0 Å². The summed E-state index contributed by atoms with van der Waals surface area (Å²) in [4.78, 5) is 16.3. The second kappa shape index (κ2) is 8.18. The van der Waals surface area contributed by atoms with Gasteiger partial charge in [-0.05, 0) is 68.4 Å². The predicted octanol–water partition coefficient (Wildman–Crippen LogP) is 2.71. The molecule has 1 unspecified atom stereocenters. The van der Waals surface area contributed by atoms with E-state index < -0.39 is 10.0 Å². The van der Waals surface area contributed by atoms with Crippen molar-refractivity contribution in [2.45, 2.75) is 49.7 Å². The highest BCUT2D eigenvalue weighted by molar-refractivity contribution is 7.89. The summed E-state index contributed by atoms with van der Waals surface area (Å²) in [5, 5.41) is 4.95. The molecule has 1 aromatic carbocycles. The van der Waals surface area contributed by atoms with Gasteiger partial charge < -0.3 is 5.32 Å². The van der Waals surface area contributed by atoms with E-state index in [1.807, 2.05) is 11.4 Å². The maximum absolute atomic E-state index is 13.1. The number of rotatable bonds is 7. The van der Waals surface area contributed by atoms with E-state index in [2.05, 4.69) is 24.2 Å². The molecule has 0 saturated heterocycles. The molecule has 1 aliphatic heterocycles. The minimum absolute atomic E-state index is 0.173. The van der Waals surface area contributed by atoms with E-state index in [-0.39, 0.29) is 16.8 Å². The van der Waals surface area contributed by atoms with Gasteiger partial charge in [-0.15, -0.1) is 11.3 Å². The van der Waals surface area contributed by atoms with E-state index in [0.29, 0.717) is 31.2 Å². The summed E-state index contributed by atoms with van der Waals surface area (Å²) >= 11 is 1.68. The molecule has 29 heavy (non-hydrogen) atoms. The average molecular weight is 434 g/mol. The summed E-state index contributed by atoms with van der Waals surface area (Å²) in [5.74, 6) is -0.239. The Labute approximate surface area is 176 Å². The monoisotopic (exact) mass is 433 g/mol. The second-order valence-corrected chi connectivity index (χ2v) is 10.9. The number of thiophene rings is 1. The predicted molar refractivity (Wildman–Crippen MR) is 115 cm³/mol. The zero-order valence-corrected chi connectivity index (χ0v) is 18.4. The Kier molecular flexibility index (Phi) is 5.79. The third kappa shape index (κ3) is 4.40. The van der Waals surface area contributed by atoms with Crippen molar-refractivity contribution in [3.05, 3.63) is 51.7 Å². The van der Waals surface area contributed by atoms with Crippen LogP contribution in [-0.4, -0.2) is 55.8 Å². The van der Waals surface area contributed by atoms with E-state index in [9.17, 15) is 13.2 Å². The smallest absolute Gasteiger partial charge is 0.251 e. The minimum Gasteiger partial charge on any atom is -0.350 e. The molecule has 0 spiro atoms. The van der Waals surface area contributed by atoms with Crippen molar-refractivity contribution < 1.29 is 13.2 Å².